The maximum Gasteiger partial charge on any atom is 0.253 e. The van der Waals surface area contributed by atoms with Crippen LogP contribution in [0, 0.1) is 0 Å². The molecule has 0 bridgehead atoms. The monoisotopic (exact) mass is 337 g/mol. The van der Waals surface area contributed by atoms with Gasteiger partial charge in [0.25, 0.3) is 5.91 Å². The average molecular weight is 337 g/mol. The fourth-order valence-corrected chi connectivity index (χ4v) is 4.35. The number of carbonyl (C=O) groups excluding carboxylic acids is 1. The molecule has 4 nitrogen and oxygen atoms in total. The predicted octanol–water partition coefficient (Wildman–Crippen LogP) is 3.02. The molecule has 0 aromatic heterocycles. The van der Waals surface area contributed by atoms with Crippen molar-refractivity contribution in [1.82, 2.24) is 4.90 Å². The van der Waals surface area contributed by atoms with E-state index in [1.165, 1.54) is 5.56 Å². The number of rotatable bonds is 3. The molecule has 0 spiro atoms. The maximum absolute atomic E-state index is 12.6. The van der Waals surface area contributed by atoms with Gasteiger partial charge in [-0.05, 0) is 36.0 Å². The lowest BCUT2D eigenvalue weighted by Crippen LogP contribution is -2.42. The van der Waals surface area contributed by atoms with Gasteiger partial charge < -0.3 is 4.90 Å². The van der Waals surface area contributed by atoms with Crippen LogP contribution in [-0.2, 0) is 15.3 Å². The van der Waals surface area contributed by atoms with Crippen LogP contribution in [0.2, 0.25) is 0 Å². The van der Waals surface area contributed by atoms with Crippen LogP contribution < -0.4 is 0 Å². The molecule has 1 aromatic rings. The van der Waals surface area contributed by atoms with Gasteiger partial charge >= 0.3 is 0 Å². The van der Waals surface area contributed by atoms with Gasteiger partial charge in [-0.25, -0.2) is 8.42 Å². The zero-order valence-corrected chi connectivity index (χ0v) is 15.3. The zero-order valence-electron chi connectivity index (χ0n) is 14.5. The Morgan fingerprint density at radius 3 is 2.09 bits per heavy atom. The van der Waals surface area contributed by atoms with Crippen molar-refractivity contribution >= 4 is 15.7 Å². The number of likely N-dealkylation sites (tertiary alicyclic amines) is 1. The summed E-state index contributed by atoms with van der Waals surface area (Å²) < 4.78 is 23.9. The third kappa shape index (κ3) is 4.14. The number of hydrogen-bond donors (Lipinski definition) is 0. The zero-order chi connectivity index (χ0) is 17.3. The largest absolute Gasteiger partial charge is 0.339 e. The van der Waals surface area contributed by atoms with E-state index >= 15 is 0 Å². The van der Waals surface area contributed by atoms with Crippen LogP contribution in [0.15, 0.2) is 24.3 Å². The first-order valence-electron chi connectivity index (χ1n) is 8.26. The Morgan fingerprint density at radius 1 is 1.13 bits per heavy atom. The van der Waals surface area contributed by atoms with Crippen molar-refractivity contribution in [3.63, 3.8) is 0 Å². The van der Waals surface area contributed by atoms with Gasteiger partial charge in [-0.15, -0.1) is 0 Å². The summed E-state index contributed by atoms with van der Waals surface area (Å²) in [5.41, 5.74) is 1.94. The van der Waals surface area contributed by atoms with Gasteiger partial charge in [0.15, 0.2) is 9.84 Å². The van der Waals surface area contributed by atoms with Crippen molar-refractivity contribution < 1.29 is 13.2 Å². The Balaban J connectivity index is 2.03. The minimum Gasteiger partial charge on any atom is -0.339 e. The molecule has 0 N–H and O–H groups in total. The number of piperidine rings is 1. The first kappa shape index (κ1) is 18.0. The standard InChI is InChI=1S/C18H27NO3S/c1-5-23(21,22)16-10-12-19(13-11-16)17(20)14-6-8-15(9-7-14)18(2,3)4/h6-9,16H,5,10-13H2,1-4H3. The molecule has 0 aliphatic carbocycles. The van der Waals surface area contributed by atoms with Crippen LogP contribution >= 0.6 is 0 Å². The highest BCUT2D eigenvalue weighted by Gasteiger charge is 2.30. The number of carbonyl (C=O) groups is 1. The van der Waals surface area contributed by atoms with Crippen LogP contribution in [0.25, 0.3) is 0 Å². The lowest BCUT2D eigenvalue weighted by Gasteiger charge is -2.31. The molecule has 1 heterocycles. The fourth-order valence-electron chi connectivity index (χ4n) is 2.95. The SMILES string of the molecule is CCS(=O)(=O)C1CCN(C(=O)c2ccc(C(C)(C)C)cc2)CC1. The number of nitrogens with zero attached hydrogens (tertiary/aromatic N) is 1. The van der Waals surface area contributed by atoms with Gasteiger partial charge in [0, 0.05) is 24.4 Å². The van der Waals surface area contributed by atoms with Crippen LogP contribution in [0.5, 0.6) is 0 Å². The van der Waals surface area contributed by atoms with Gasteiger partial charge in [-0.3, -0.25) is 4.79 Å². The first-order chi connectivity index (χ1) is 10.6. The van der Waals surface area contributed by atoms with Crippen molar-refractivity contribution in [1.29, 1.82) is 0 Å². The van der Waals surface area contributed by atoms with Crippen LogP contribution in [0.4, 0.5) is 0 Å². The maximum atomic E-state index is 12.6. The minimum atomic E-state index is -2.99. The molecule has 0 radical (unpaired) electrons. The molecule has 5 heteroatoms. The van der Waals surface area contributed by atoms with Crippen LogP contribution in [0.1, 0.15) is 56.5 Å². The molecule has 0 unspecified atom stereocenters. The molecule has 0 saturated carbocycles. The highest BCUT2D eigenvalue weighted by molar-refractivity contribution is 7.92. The Labute approximate surface area is 139 Å². The molecule has 1 amide bonds. The first-order valence-corrected chi connectivity index (χ1v) is 9.98. The van der Waals surface area contributed by atoms with E-state index in [0.717, 1.165) is 0 Å². The summed E-state index contributed by atoms with van der Waals surface area (Å²) in [6.07, 6.45) is 1.09. The quantitative estimate of drug-likeness (QED) is 0.852. The molecule has 0 atom stereocenters. The van der Waals surface area contributed by atoms with Crippen molar-refractivity contribution in [3.8, 4) is 0 Å². The van der Waals surface area contributed by atoms with Crippen molar-refractivity contribution in [2.45, 2.75) is 51.2 Å². The molecule has 1 fully saturated rings. The van der Waals surface area contributed by atoms with E-state index in [2.05, 4.69) is 20.8 Å². The molecule has 128 valence electrons. The molecule has 23 heavy (non-hydrogen) atoms. The van der Waals surface area contributed by atoms with E-state index in [-0.39, 0.29) is 22.3 Å². The van der Waals surface area contributed by atoms with Crippen LogP contribution in [-0.4, -0.2) is 43.3 Å². The molecule has 1 aromatic carbocycles. The summed E-state index contributed by atoms with van der Waals surface area (Å²) in [7, 11) is -2.99. The molecular weight excluding hydrogens is 310 g/mol. The van der Waals surface area contributed by atoms with E-state index < -0.39 is 9.84 Å². The number of sulfone groups is 1. The second-order valence-electron chi connectivity index (χ2n) is 7.27. The smallest absolute Gasteiger partial charge is 0.253 e. The summed E-state index contributed by atoms with van der Waals surface area (Å²) in [6, 6.07) is 7.75. The lowest BCUT2D eigenvalue weighted by atomic mass is 9.86. The van der Waals surface area contributed by atoms with E-state index in [1.807, 2.05) is 24.3 Å². The molecular formula is C18H27NO3S. The summed E-state index contributed by atoms with van der Waals surface area (Å²) in [5.74, 6) is 0.178. The molecule has 1 saturated heterocycles. The van der Waals surface area contributed by atoms with Crippen molar-refractivity contribution in [2.24, 2.45) is 0 Å². The number of benzene rings is 1. The van der Waals surface area contributed by atoms with E-state index in [1.54, 1.807) is 11.8 Å². The summed E-state index contributed by atoms with van der Waals surface area (Å²) in [5, 5.41) is -0.292. The number of hydrogen-bond acceptors (Lipinski definition) is 3. The summed E-state index contributed by atoms with van der Waals surface area (Å²) in [6.45, 7) is 9.14. The Morgan fingerprint density at radius 2 is 1.65 bits per heavy atom. The third-order valence-electron chi connectivity index (χ3n) is 4.64. The Hall–Kier alpha value is -1.36. The van der Waals surface area contributed by atoms with Crippen LogP contribution in [0.3, 0.4) is 0 Å². The van der Waals surface area contributed by atoms with Gasteiger partial charge in [0.2, 0.25) is 0 Å². The van der Waals surface area contributed by atoms with Gasteiger partial charge in [0.1, 0.15) is 0 Å². The molecule has 1 aliphatic heterocycles. The number of amides is 1. The highest BCUT2D eigenvalue weighted by Crippen LogP contribution is 2.24. The van der Waals surface area contributed by atoms with Gasteiger partial charge in [-0.1, -0.05) is 39.8 Å². The predicted molar refractivity (Wildman–Crippen MR) is 93.5 cm³/mol. The summed E-state index contributed by atoms with van der Waals surface area (Å²) in [4.78, 5) is 14.3. The van der Waals surface area contributed by atoms with E-state index in [9.17, 15) is 13.2 Å². The van der Waals surface area contributed by atoms with E-state index in [4.69, 9.17) is 0 Å². The van der Waals surface area contributed by atoms with Crippen molar-refractivity contribution in [2.75, 3.05) is 18.8 Å². The second kappa shape index (κ2) is 6.63. The summed E-state index contributed by atoms with van der Waals surface area (Å²) >= 11 is 0. The molecule has 2 rings (SSSR count). The molecule has 1 aliphatic rings. The second-order valence-corrected chi connectivity index (χ2v) is 9.84. The van der Waals surface area contributed by atoms with Gasteiger partial charge in [0.05, 0.1) is 5.25 Å². The van der Waals surface area contributed by atoms with Crippen molar-refractivity contribution in [3.05, 3.63) is 35.4 Å². The lowest BCUT2D eigenvalue weighted by molar-refractivity contribution is 0.0725. The third-order valence-corrected chi connectivity index (χ3v) is 6.93. The Kier molecular flexibility index (Phi) is 5.19. The van der Waals surface area contributed by atoms with E-state index in [0.29, 0.717) is 31.5 Å². The topological polar surface area (TPSA) is 54.5 Å². The minimum absolute atomic E-state index is 0.00203. The fraction of sp³-hybridized carbons (Fsp3) is 0.611. The Bertz CT molecular complexity index is 649. The normalized spacial score (nSPS) is 17.3. The average Bonchev–Trinajstić information content (AvgIpc) is 2.53. The van der Waals surface area contributed by atoms with Gasteiger partial charge in [-0.2, -0.15) is 0 Å². The highest BCUT2D eigenvalue weighted by atomic mass is 32.2.